The van der Waals surface area contributed by atoms with E-state index < -0.39 is 6.10 Å². The van der Waals surface area contributed by atoms with Gasteiger partial charge in [-0.1, -0.05) is 5.16 Å². The van der Waals surface area contributed by atoms with E-state index in [-0.39, 0.29) is 6.10 Å². The van der Waals surface area contributed by atoms with E-state index in [9.17, 15) is 5.11 Å². The Balaban J connectivity index is 1.98. The van der Waals surface area contributed by atoms with Crippen LogP contribution in [0, 0.1) is 0 Å². The van der Waals surface area contributed by atoms with Gasteiger partial charge in [0.2, 0.25) is 6.39 Å². The third-order valence-electron chi connectivity index (χ3n) is 2.29. The third-order valence-corrected chi connectivity index (χ3v) is 2.29. The molecule has 1 rings (SSSR count). The van der Waals surface area contributed by atoms with Gasteiger partial charge in [0.25, 0.3) is 0 Å². The smallest absolute Gasteiger partial charge is 0.213 e. The molecule has 0 bridgehead atoms. The van der Waals surface area contributed by atoms with Crippen LogP contribution < -0.4 is 5.32 Å². The third kappa shape index (κ3) is 6.65. The molecule has 0 aliphatic rings. The summed E-state index contributed by atoms with van der Waals surface area (Å²) < 4.78 is 14.9. The molecule has 1 heterocycles. The average molecular weight is 259 g/mol. The standard InChI is InChI=1S/C11H21N3O4/c1-9(6-16-2)17-7-10(15)5-12-4-3-11-13-8-18-14-11/h8-10,12,15H,3-7H2,1-2H3. The van der Waals surface area contributed by atoms with Crippen LogP contribution in [0.2, 0.25) is 0 Å². The lowest BCUT2D eigenvalue weighted by Crippen LogP contribution is -2.33. The molecule has 18 heavy (non-hydrogen) atoms. The molecule has 1 aromatic heterocycles. The summed E-state index contributed by atoms with van der Waals surface area (Å²) in [6.45, 7) is 3.87. The number of aromatic nitrogens is 2. The SMILES string of the molecule is COCC(C)OCC(O)CNCCc1ncon1. The summed E-state index contributed by atoms with van der Waals surface area (Å²) in [4.78, 5) is 3.89. The molecule has 0 radical (unpaired) electrons. The van der Waals surface area contributed by atoms with E-state index in [2.05, 4.69) is 20.0 Å². The van der Waals surface area contributed by atoms with Crippen LogP contribution in [0.25, 0.3) is 0 Å². The van der Waals surface area contributed by atoms with Crippen molar-refractivity contribution in [2.75, 3.05) is 33.4 Å². The van der Waals surface area contributed by atoms with Crippen LogP contribution in [0.4, 0.5) is 0 Å². The van der Waals surface area contributed by atoms with E-state index in [0.717, 1.165) is 0 Å². The van der Waals surface area contributed by atoms with Gasteiger partial charge < -0.3 is 24.4 Å². The minimum absolute atomic E-state index is 0.0102. The highest BCUT2D eigenvalue weighted by Gasteiger charge is 2.07. The van der Waals surface area contributed by atoms with Gasteiger partial charge in [-0.2, -0.15) is 4.98 Å². The maximum atomic E-state index is 9.65. The predicted molar refractivity (Wildman–Crippen MR) is 64.2 cm³/mol. The Morgan fingerprint density at radius 3 is 3.00 bits per heavy atom. The molecule has 0 saturated heterocycles. The van der Waals surface area contributed by atoms with Crippen molar-refractivity contribution in [2.45, 2.75) is 25.6 Å². The quantitative estimate of drug-likeness (QED) is 0.553. The summed E-state index contributed by atoms with van der Waals surface area (Å²) in [6.07, 6.45) is 1.43. The van der Waals surface area contributed by atoms with Crippen molar-refractivity contribution in [1.82, 2.24) is 15.5 Å². The van der Waals surface area contributed by atoms with Crippen LogP contribution in [0.1, 0.15) is 12.7 Å². The van der Waals surface area contributed by atoms with Gasteiger partial charge in [-0.3, -0.25) is 0 Å². The van der Waals surface area contributed by atoms with Crippen LogP contribution in [-0.2, 0) is 15.9 Å². The Hall–Kier alpha value is -1.02. The molecular weight excluding hydrogens is 238 g/mol. The number of ether oxygens (including phenoxy) is 2. The highest BCUT2D eigenvalue weighted by molar-refractivity contribution is 4.78. The van der Waals surface area contributed by atoms with Crippen LogP contribution >= 0.6 is 0 Å². The molecule has 0 spiro atoms. The van der Waals surface area contributed by atoms with Gasteiger partial charge in [-0.25, -0.2) is 0 Å². The molecule has 2 atom stereocenters. The molecule has 1 aromatic rings. The highest BCUT2D eigenvalue weighted by atomic mass is 16.5. The Labute approximate surface area is 106 Å². The number of methoxy groups -OCH3 is 1. The fraction of sp³-hybridized carbons (Fsp3) is 0.818. The molecule has 2 N–H and O–H groups in total. The van der Waals surface area contributed by atoms with Crippen molar-refractivity contribution in [3.63, 3.8) is 0 Å². The van der Waals surface area contributed by atoms with Crippen molar-refractivity contribution in [2.24, 2.45) is 0 Å². The number of aliphatic hydroxyl groups is 1. The van der Waals surface area contributed by atoms with Crippen LogP contribution in [0.3, 0.4) is 0 Å². The average Bonchev–Trinajstić information content (AvgIpc) is 2.85. The lowest BCUT2D eigenvalue weighted by molar-refractivity contribution is -0.0310. The van der Waals surface area contributed by atoms with Crippen LogP contribution in [0.15, 0.2) is 10.9 Å². The fourth-order valence-corrected chi connectivity index (χ4v) is 1.39. The first kappa shape index (κ1) is 15.0. The molecule has 0 aliphatic heterocycles. The molecule has 2 unspecified atom stereocenters. The zero-order chi connectivity index (χ0) is 13.2. The summed E-state index contributed by atoms with van der Waals surface area (Å²) >= 11 is 0. The highest BCUT2D eigenvalue weighted by Crippen LogP contribution is 1.94. The van der Waals surface area contributed by atoms with Gasteiger partial charge in [-0.15, -0.1) is 0 Å². The van der Waals surface area contributed by atoms with Gasteiger partial charge in [0, 0.05) is 26.6 Å². The maximum Gasteiger partial charge on any atom is 0.213 e. The van der Waals surface area contributed by atoms with E-state index in [1.54, 1.807) is 7.11 Å². The molecule has 0 fully saturated rings. The Kier molecular flexibility index (Phi) is 7.51. The predicted octanol–water partition coefficient (Wildman–Crippen LogP) is -0.386. The summed E-state index contributed by atoms with van der Waals surface area (Å²) in [7, 11) is 1.62. The van der Waals surface area contributed by atoms with E-state index in [0.29, 0.717) is 38.5 Å². The molecule has 0 aromatic carbocycles. The first-order valence-electron chi connectivity index (χ1n) is 5.97. The number of aliphatic hydroxyl groups excluding tert-OH is 1. The summed E-state index contributed by atoms with van der Waals surface area (Å²) in [5.41, 5.74) is 0. The number of hydrogen-bond donors (Lipinski definition) is 2. The number of rotatable bonds is 10. The minimum Gasteiger partial charge on any atom is -0.389 e. The van der Waals surface area contributed by atoms with E-state index in [1.807, 2.05) is 6.92 Å². The Morgan fingerprint density at radius 2 is 2.33 bits per heavy atom. The van der Waals surface area contributed by atoms with Gasteiger partial charge in [-0.05, 0) is 6.92 Å². The zero-order valence-corrected chi connectivity index (χ0v) is 10.8. The molecular formula is C11H21N3O4. The Morgan fingerprint density at radius 1 is 1.50 bits per heavy atom. The summed E-state index contributed by atoms with van der Waals surface area (Å²) in [6, 6.07) is 0. The first-order chi connectivity index (χ1) is 8.72. The molecule has 7 heteroatoms. The molecule has 0 saturated carbocycles. The molecule has 0 amide bonds. The second-order valence-corrected chi connectivity index (χ2v) is 4.05. The lowest BCUT2D eigenvalue weighted by atomic mass is 10.3. The monoisotopic (exact) mass is 259 g/mol. The minimum atomic E-state index is -0.533. The Bertz CT molecular complexity index is 294. The second kappa shape index (κ2) is 8.98. The second-order valence-electron chi connectivity index (χ2n) is 4.05. The fourth-order valence-electron chi connectivity index (χ4n) is 1.39. The largest absolute Gasteiger partial charge is 0.389 e. The van der Waals surface area contributed by atoms with Crippen molar-refractivity contribution in [3.05, 3.63) is 12.2 Å². The van der Waals surface area contributed by atoms with E-state index in [4.69, 9.17) is 9.47 Å². The molecule has 0 aliphatic carbocycles. The normalized spacial score (nSPS) is 14.6. The van der Waals surface area contributed by atoms with Crippen molar-refractivity contribution < 1.29 is 19.1 Å². The molecule has 104 valence electrons. The van der Waals surface area contributed by atoms with Gasteiger partial charge >= 0.3 is 0 Å². The van der Waals surface area contributed by atoms with E-state index in [1.165, 1.54) is 6.39 Å². The van der Waals surface area contributed by atoms with Crippen molar-refractivity contribution in [3.8, 4) is 0 Å². The van der Waals surface area contributed by atoms with Crippen LogP contribution in [0.5, 0.6) is 0 Å². The first-order valence-corrected chi connectivity index (χ1v) is 5.97. The van der Waals surface area contributed by atoms with Crippen molar-refractivity contribution in [1.29, 1.82) is 0 Å². The van der Waals surface area contributed by atoms with Crippen LogP contribution in [-0.4, -0.2) is 60.9 Å². The van der Waals surface area contributed by atoms with E-state index >= 15 is 0 Å². The summed E-state index contributed by atoms with van der Waals surface area (Å²) in [5, 5.41) is 16.4. The van der Waals surface area contributed by atoms with Gasteiger partial charge in [0.15, 0.2) is 5.82 Å². The van der Waals surface area contributed by atoms with Crippen molar-refractivity contribution >= 4 is 0 Å². The van der Waals surface area contributed by atoms with Gasteiger partial charge in [0.1, 0.15) is 0 Å². The number of nitrogens with one attached hydrogen (secondary N) is 1. The topological polar surface area (TPSA) is 89.6 Å². The maximum absolute atomic E-state index is 9.65. The zero-order valence-electron chi connectivity index (χ0n) is 10.8. The van der Waals surface area contributed by atoms with Gasteiger partial charge in [0.05, 0.1) is 25.4 Å². The lowest BCUT2D eigenvalue weighted by Gasteiger charge is -2.16. The number of hydrogen-bond acceptors (Lipinski definition) is 7. The molecule has 7 nitrogen and oxygen atoms in total. The number of nitrogens with zero attached hydrogens (tertiary/aromatic N) is 2. The summed E-state index contributed by atoms with van der Waals surface area (Å²) in [5.74, 6) is 0.655.